The molecule has 0 amide bonds. The Bertz CT molecular complexity index is 570. The van der Waals surface area contributed by atoms with Crippen molar-refractivity contribution in [1.29, 1.82) is 0 Å². The molecule has 0 fully saturated rings. The van der Waals surface area contributed by atoms with Crippen molar-refractivity contribution < 1.29 is 9.90 Å². The van der Waals surface area contributed by atoms with Crippen LogP contribution in [-0.4, -0.2) is 11.1 Å². The number of carboxylic acids is 1. The van der Waals surface area contributed by atoms with E-state index in [1.807, 2.05) is 0 Å². The van der Waals surface area contributed by atoms with Gasteiger partial charge < -0.3 is 5.11 Å². The largest absolute Gasteiger partial charge is 0.481 e. The molecule has 0 aromatic carbocycles. The molecule has 0 saturated heterocycles. The van der Waals surface area contributed by atoms with Crippen LogP contribution in [0.2, 0.25) is 0 Å². The van der Waals surface area contributed by atoms with Crippen molar-refractivity contribution in [2.75, 3.05) is 0 Å². The smallest absolute Gasteiger partial charge is 0.303 e. The van der Waals surface area contributed by atoms with Crippen LogP contribution in [0.15, 0.2) is 0 Å². The maximum Gasteiger partial charge on any atom is 0.303 e. The minimum Gasteiger partial charge on any atom is -0.481 e. The highest BCUT2D eigenvalue weighted by molar-refractivity contribution is 5.66. The van der Waals surface area contributed by atoms with Crippen LogP contribution < -0.4 is 0 Å². The second kappa shape index (κ2) is 18.8. The van der Waals surface area contributed by atoms with Gasteiger partial charge in [-0.15, -0.1) is 11.8 Å². The van der Waals surface area contributed by atoms with E-state index in [1.165, 1.54) is 19.3 Å². The quantitative estimate of drug-likeness (QED) is 0.515. The lowest BCUT2D eigenvalue weighted by Crippen LogP contribution is -1.93. The highest BCUT2D eigenvalue weighted by Gasteiger charge is 1.94. The van der Waals surface area contributed by atoms with Gasteiger partial charge in [-0.25, -0.2) is 0 Å². The molecular weight excluding hydrogens is 296 g/mol. The van der Waals surface area contributed by atoms with E-state index in [-0.39, 0.29) is 6.42 Å². The SMILES string of the molecule is CCCCCC#CCC#CCC#CCC#CCCCCCC(=O)O. The molecular formula is C22H28O2. The van der Waals surface area contributed by atoms with E-state index >= 15 is 0 Å². The standard InChI is InChI=1S/C22H28O2/c1-2-3-4-5-6-7-8-9-10-11-12-13-14-15-16-17-18-19-20-21-22(23)24/h2-5,8,11,14,17-21H2,1H3,(H,23,24). The van der Waals surface area contributed by atoms with E-state index in [0.717, 1.165) is 32.1 Å². The summed E-state index contributed by atoms with van der Waals surface area (Å²) in [5.41, 5.74) is 0. The van der Waals surface area contributed by atoms with Gasteiger partial charge in [-0.3, -0.25) is 4.79 Å². The van der Waals surface area contributed by atoms with Crippen molar-refractivity contribution in [2.45, 2.75) is 84.0 Å². The normalized spacial score (nSPS) is 8.38. The van der Waals surface area contributed by atoms with Crippen molar-refractivity contribution in [2.24, 2.45) is 0 Å². The first-order valence-corrected chi connectivity index (χ1v) is 8.82. The van der Waals surface area contributed by atoms with Gasteiger partial charge >= 0.3 is 5.97 Å². The molecule has 0 heterocycles. The molecule has 0 aliphatic carbocycles. The van der Waals surface area contributed by atoms with Crippen molar-refractivity contribution in [1.82, 2.24) is 0 Å². The fourth-order valence-corrected chi connectivity index (χ4v) is 1.81. The molecule has 0 atom stereocenters. The van der Waals surface area contributed by atoms with Crippen LogP contribution in [-0.2, 0) is 4.79 Å². The Hall–Kier alpha value is -2.29. The van der Waals surface area contributed by atoms with Gasteiger partial charge in [-0.1, -0.05) is 61.7 Å². The minimum absolute atomic E-state index is 0.254. The molecule has 0 rings (SSSR count). The predicted octanol–water partition coefficient (Wildman–Crippen LogP) is 4.79. The third-order valence-corrected chi connectivity index (χ3v) is 3.13. The van der Waals surface area contributed by atoms with Crippen LogP contribution in [0.4, 0.5) is 0 Å². The van der Waals surface area contributed by atoms with E-state index in [9.17, 15) is 4.79 Å². The molecule has 0 aromatic heterocycles. The summed E-state index contributed by atoms with van der Waals surface area (Å²) in [4.78, 5) is 10.3. The number of carboxylic acid groups (broad SMARTS) is 1. The number of hydrogen-bond donors (Lipinski definition) is 1. The lowest BCUT2D eigenvalue weighted by atomic mass is 10.1. The summed E-state index contributed by atoms with van der Waals surface area (Å²) in [6.45, 7) is 2.19. The van der Waals surface area contributed by atoms with Crippen LogP contribution in [0.1, 0.15) is 84.0 Å². The van der Waals surface area contributed by atoms with E-state index in [2.05, 4.69) is 54.3 Å². The van der Waals surface area contributed by atoms with Crippen molar-refractivity contribution in [3.63, 3.8) is 0 Å². The van der Waals surface area contributed by atoms with Crippen molar-refractivity contribution in [3.8, 4) is 47.4 Å². The first-order valence-electron chi connectivity index (χ1n) is 8.82. The molecule has 0 saturated carbocycles. The Morgan fingerprint density at radius 1 is 0.667 bits per heavy atom. The highest BCUT2D eigenvalue weighted by atomic mass is 16.4. The molecule has 0 unspecified atom stereocenters. The Kier molecular flexibility index (Phi) is 17.0. The van der Waals surface area contributed by atoms with Crippen LogP contribution in [0.3, 0.4) is 0 Å². The Labute approximate surface area is 147 Å². The summed E-state index contributed by atoms with van der Waals surface area (Å²) in [5, 5.41) is 8.50. The highest BCUT2D eigenvalue weighted by Crippen LogP contribution is 2.01. The number of unbranched alkanes of at least 4 members (excludes halogenated alkanes) is 6. The topological polar surface area (TPSA) is 37.3 Å². The lowest BCUT2D eigenvalue weighted by Gasteiger charge is -1.93. The summed E-state index contributed by atoms with van der Waals surface area (Å²) < 4.78 is 0. The molecule has 2 nitrogen and oxygen atoms in total. The predicted molar refractivity (Wildman–Crippen MR) is 99.8 cm³/mol. The van der Waals surface area contributed by atoms with Gasteiger partial charge in [-0.05, 0) is 19.3 Å². The molecule has 0 aliphatic rings. The fraction of sp³-hybridized carbons (Fsp3) is 0.591. The molecule has 1 N–H and O–H groups in total. The van der Waals surface area contributed by atoms with Gasteiger partial charge in [0.15, 0.2) is 0 Å². The van der Waals surface area contributed by atoms with Gasteiger partial charge in [-0.2, -0.15) is 0 Å². The van der Waals surface area contributed by atoms with E-state index in [0.29, 0.717) is 19.3 Å². The van der Waals surface area contributed by atoms with E-state index in [1.54, 1.807) is 0 Å². The summed E-state index contributed by atoms with van der Waals surface area (Å²) in [6, 6.07) is 0. The first-order chi connectivity index (χ1) is 11.8. The van der Waals surface area contributed by atoms with Gasteiger partial charge in [0.1, 0.15) is 0 Å². The third-order valence-electron chi connectivity index (χ3n) is 3.13. The van der Waals surface area contributed by atoms with Crippen LogP contribution in [0.25, 0.3) is 0 Å². The summed E-state index contributed by atoms with van der Waals surface area (Å²) >= 11 is 0. The second-order valence-electron chi connectivity index (χ2n) is 5.36. The second-order valence-corrected chi connectivity index (χ2v) is 5.36. The van der Waals surface area contributed by atoms with Gasteiger partial charge in [0.2, 0.25) is 0 Å². The Morgan fingerprint density at radius 2 is 1.12 bits per heavy atom. The van der Waals surface area contributed by atoms with Crippen molar-refractivity contribution >= 4 is 5.97 Å². The monoisotopic (exact) mass is 324 g/mol. The van der Waals surface area contributed by atoms with Crippen LogP contribution >= 0.6 is 0 Å². The fourth-order valence-electron chi connectivity index (χ4n) is 1.81. The van der Waals surface area contributed by atoms with Crippen LogP contribution in [0.5, 0.6) is 0 Å². The van der Waals surface area contributed by atoms with Gasteiger partial charge in [0.25, 0.3) is 0 Å². The first kappa shape index (κ1) is 21.7. The zero-order chi connectivity index (χ0) is 17.7. The molecule has 0 spiro atoms. The molecule has 2 heteroatoms. The molecule has 0 aliphatic heterocycles. The van der Waals surface area contributed by atoms with E-state index < -0.39 is 5.97 Å². The van der Waals surface area contributed by atoms with Gasteiger partial charge in [0, 0.05) is 19.3 Å². The summed E-state index contributed by atoms with van der Waals surface area (Å²) in [6.07, 6.45) is 10.1. The molecule has 0 aromatic rings. The number of aliphatic carboxylic acids is 1. The van der Waals surface area contributed by atoms with Gasteiger partial charge in [0.05, 0.1) is 19.3 Å². The Morgan fingerprint density at radius 3 is 1.58 bits per heavy atom. The zero-order valence-corrected chi connectivity index (χ0v) is 14.8. The van der Waals surface area contributed by atoms with Crippen molar-refractivity contribution in [3.05, 3.63) is 0 Å². The summed E-state index contributed by atoms with van der Waals surface area (Å²) in [7, 11) is 0. The Balaban J connectivity index is 3.54. The number of rotatable bonds is 8. The molecule has 128 valence electrons. The van der Waals surface area contributed by atoms with Crippen LogP contribution in [0, 0.1) is 47.4 Å². The summed E-state index contributed by atoms with van der Waals surface area (Å²) in [5.74, 6) is 23.5. The zero-order valence-electron chi connectivity index (χ0n) is 14.8. The average Bonchev–Trinajstić information content (AvgIpc) is 2.56. The lowest BCUT2D eigenvalue weighted by molar-refractivity contribution is -0.137. The maximum atomic E-state index is 10.3. The number of hydrogen-bond acceptors (Lipinski definition) is 1. The number of carbonyl (C=O) groups is 1. The third kappa shape index (κ3) is 19.7. The van der Waals surface area contributed by atoms with E-state index in [4.69, 9.17) is 5.11 Å². The molecule has 0 bridgehead atoms. The molecule has 24 heavy (non-hydrogen) atoms. The minimum atomic E-state index is -0.724. The maximum absolute atomic E-state index is 10.3. The molecule has 0 radical (unpaired) electrons. The average molecular weight is 324 g/mol.